The van der Waals surface area contributed by atoms with Crippen molar-refractivity contribution < 1.29 is 19.0 Å². The number of ether oxygens (including phenoxy) is 2. The first-order valence-electron chi connectivity index (χ1n) is 6.76. The van der Waals surface area contributed by atoms with Gasteiger partial charge in [0.25, 0.3) is 0 Å². The van der Waals surface area contributed by atoms with Crippen LogP contribution >= 0.6 is 0 Å². The maximum atomic E-state index is 14.1. The van der Waals surface area contributed by atoms with Crippen LogP contribution in [0.5, 0.6) is 11.5 Å². The first-order valence-corrected chi connectivity index (χ1v) is 6.76. The van der Waals surface area contributed by atoms with Crippen molar-refractivity contribution in [3.8, 4) is 11.5 Å². The van der Waals surface area contributed by atoms with Crippen LogP contribution in [0.15, 0.2) is 42.5 Å². The lowest BCUT2D eigenvalue weighted by Crippen LogP contribution is -2.27. The quantitative estimate of drug-likeness (QED) is 0.916. The van der Waals surface area contributed by atoms with Crippen LogP contribution in [0.4, 0.5) is 4.39 Å². The molecule has 0 aliphatic heterocycles. The molecule has 0 fully saturated rings. The molecule has 0 amide bonds. The monoisotopic (exact) mass is 290 g/mol. The van der Waals surface area contributed by atoms with Crippen molar-refractivity contribution in [1.29, 1.82) is 0 Å². The minimum atomic E-state index is -1.41. The molecule has 0 radical (unpaired) electrons. The molecule has 1 unspecified atom stereocenters. The van der Waals surface area contributed by atoms with E-state index in [2.05, 4.69) is 0 Å². The molecule has 2 rings (SSSR count). The van der Waals surface area contributed by atoms with Crippen molar-refractivity contribution in [1.82, 2.24) is 0 Å². The highest BCUT2D eigenvalue weighted by atomic mass is 19.1. The second kappa shape index (κ2) is 6.14. The number of methoxy groups -OCH3 is 2. The Morgan fingerprint density at radius 3 is 2.29 bits per heavy atom. The molecule has 0 aromatic heterocycles. The van der Waals surface area contributed by atoms with Crippen LogP contribution in [-0.4, -0.2) is 19.3 Å². The first kappa shape index (κ1) is 15.3. The number of halogens is 1. The Morgan fingerprint density at radius 1 is 1.05 bits per heavy atom. The highest BCUT2D eigenvalue weighted by Gasteiger charge is 2.32. The smallest absolute Gasteiger partial charge is 0.161 e. The van der Waals surface area contributed by atoms with Gasteiger partial charge in [-0.25, -0.2) is 4.39 Å². The second-order valence-electron chi connectivity index (χ2n) is 4.76. The fourth-order valence-corrected chi connectivity index (χ4v) is 2.44. The number of aliphatic hydroxyl groups is 1. The number of hydrogen-bond acceptors (Lipinski definition) is 3. The van der Waals surface area contributed by atoms with E-state index in [1.807, 2.05) is 6.92 Å². The maximum Gasteiger partial charge on any atom is 0.161 e. The van der Waals surface area contributed by atoms with E-state index < -0.39 is 11.4 Å². The average Bonchev–Trinajstić information content (AvgIpc) is 2.53. The molecule has 0 heterocycles. The van der Waals surface area contributed by atoms with Crippen molar-refractivity contribution in [3.05, 3.63) is 59.4 Å². The zero-order chi connectivity index (χ0) is 15.5. The SMILES string of the molecule is CCC(O)(c1ccc(OC)c(OC)c1)c1ccccc1F. The van der Waals surface area contributed by atoms with E-state index in [1.165, 1.54) is 13.2 Å². The minimum Gasteiger partial charge on any atom is -0.493 e. The van der Waals surface area contributed by atoms with Gasteiger partial charge < -0.3 is 14.6 Å². The average molecular weight is 290 g/mol. The summed E-state index contributed by atoms with van der Waals surface area (Å²) in [6.07, 6.45) is 0.337. The maximum absolute atomic E-state index is 14.1. The molecule has 0 saturated carbocycles. The summed E-state index contributed by atoms with van der Waals surface area (Å²) < 4.78 is 24.5. The molecule has 0 aliphatic rings. The van der Waals surface area contributed by atoms with Crippen LogP contribution in [0, 0.1) is 5.82 Å². The summed E-state index contributed by atoms with van der Waals surface area (Å²) in [5.74, 6) is 0.628. The molecule has 1 N–H and O–H groups in total. The Balaban J connectivity index is 2.58. The van der Waals surface area contributed by atoms with E-state index in [4.69, 9.17) is 9.47 Å². The van der Waals surface area contributed by atoms with Gasteiger partial charge in [-0.3, -0.25) is 0 Å². The molecule has 112 valence electrons. The largest absolute Gasteiger partial charge is 0.493 e. The van der Waals surface area contributed by atoms with Gasteiger partial charge >= 0.3 is 0 Å². The number of hydrogen-bond donors (Lipinski definition) is 1. The lowest BCUT2D eigenvalue weighted by molar-refractivity contribution is 0.0722. The fourth-order valence-electron chi connectivity index (χ4n) is 2.44. The summed E-state index contributed by atoms with van der Waals surface area (Å²) in [5, 5.41) is 11.0. The number of rotatable bonds is 5. The fraction of sp³-hybridized carbons (Fsp3) is 0.294. The van der Waals surface area contributed by atoms with Gasteiger partial charge in [-0.15, -0.1) is 0 Å². The van der Waals surface area contributed by atoms with Gasteiger partial charge in [-0.05, 0) is 30.2 Å². The Bertz CT molecular complexity index is 627. The molecule has 0 spiro atoms. The van der Waals surface area contributed by atoms with Crippen molar-refractivity contribution in [2.24, 2.45) is 0 Å². The standard InChI is InChI=1S/C17H19FO3/c1-4-17(19,13-7-5-6-8-14(13)18)12-9-10-15(20-2)16(11-12)21-3/h5-11,19H,4H2,1-3H3. The molecule has 3 nitrogen and oxygen atoms in total. The Labute approximate surface area is 124 Å². The van der Waals surface area contributed by atoms with Crippen molar-refractivity contribution in [2.75, 3.05) is 14.2 Å². The van der Waals surface area contributed by atoms with Gasteiger partial charge in [-0.1, -0.05) is 31.2 Å². The van der Waals surface area contributed by atoms with E-state index in [1.54, 1.807) is 43.5 Å². The van der Waals surface area contributed by atoms with Crippen molar-refractivity contribution in [3.63, 3.8) is 0 Å². The van der Waals surface area contributed by atoms with Crippen LogP contribution in [0.1, 0.15) is 24.5 Å². The molecule has 0 aliphatic carbocycles. The lowest BCUT2D eigenvalue weighted by atomic mass is 9.83. The van der Waals surface area contributed by atoms with Crippen LogP contribution in [0.3, 0.4) is 0 Å². The third-order valence-electron chi connectivity index (χ3n) is 3.69. The molecule has 0 saturated heterocycles. The molecule has 0 bridgehead atoms. The molecule has 2 aromatic rings. The van der Waals surface area contributed by atoms with Crippen molar-refractivity contribution >= 4 is 0 Å². The Hall–Kier alpha value is -2.07. The summed E-state index contributed by atoms with van der Waals surface area (Å²) in [4.78, 5) is 0. The van der Waals surface area contributed by atoms with Crippen molar-refractivity contribution in [2.45, 2.75) is 18.9 Å². The van der Waals surface area contributed by atoms with E-state index in [-0.39, 0.29) is 5.56 Å². The predicted molar refractivity (Wildman–Crippen MR) is 79.2 cm³/mol. The van der Waals surface area contributed by atoms with Gasteiger partial charge in [0, 0.05) is 5.56 Å². The summed E-state index contributed by atoms with van der Waals surface area (Å²) >= 11 is 0. The molecule has 1 atom stereocenters. The zero-order valence-corrected chi connectivity index (χ0v) is 12.4. The highest BCUT2D eigenvalue weighted by molar-refractivity contribution is 5.47. The van der Waals surface area contributed by atoms with Crippen LogP contribution in [-0.2, 0) is 5.60 Å². The summed E-state index contributed by atoms with van der Waals surface area (Å²) in [6.45, 7) is 1.81. The van der Waals surface area contributed by atoms with Gasteiger partial charge in [0.15, 0.2) is 11.5 Å². The predicted octanol–water partition coefficient (Wildman–Crippen LogP) is 3.49. The molecule has 2 aromatic carbocycles. The number of benzene rings is 2. The first-order chi connectivity index (χ1) is 10.1. The third kappa shape index (κ3) is 2.72. The van der Waals surface area contributed by atoms with E-state index in [9.17, 15) is 9.50 Å². The van der Waals surface area contributed by atoms with E-state index in [0.717, 1.165) is 0 Å². The van der Waals surface area contributed by atoms with E-state index >= 15 is 0 Å². The highest BCUT2D eigenvalue weighted by Crippen LogP contribution is 2.38. The van der Waals surface area contributed by atoms with Crippen LogP contribution in [0.2, 0.25) is 0 Å². The Kier molecular flexibility index (Phi) is 4.48. The van der Waals surface area contributed by atoms with Crippen LogP contribution in [0.25, 0.3) is 0 Å². The normalized spacial score (nSPS) is 13.6. The molecule has 21 heavy (non-hydrogen) atoms. The third-order valence-corrected chi connectivity index (χ3v) is 3.69. The molecular weight excluding hydrogens is 271 g/mol. The zero-order valence-electron chi connectivity index (χ0n) is 12.4. The summed E-state index contributed by atoms with van der Waals surface area (Å²) in [6, 6.07) is 11.3. The van der Waals surface area contributed by atoms with Gasteiger partial charge in [-0.2, -0.15) is 0 Å². The topological polar surface area (TPSA) is 38.7 Å². The van der Waals surface area contributed by atoms with E-state index in [0.29, 0.717) is 23.5 Å². The van der Waals surface area contributed by atoms with Gasteiger partial charge in [0.05, 0.1) is 14.2 Å². The Morgan fingerprint density at radius 2 is 1.71 bits per heavy atom. The summed E-state index contributed by atoms with van der Waals surface area (Å²) in [7, 11) is 3.07. The summed E-state index contributed by atoms with van der Waals surface area (Å²) in [5.41, 5.74) is -0.599. The van der Waals surface area contributed by atoms with Gasteiger partial charge in [0.2, 0.25) is 0 Å². The lowest BCUT2D eigenvalue weighted by Gasteiger charge is -2.29. The molecular formula is C17H19FO3. The van der Waals surface area contributed by atoms with Crippen LogP contribution < -0.4 is 9.47 Å². The second-order valence-corrected chi connectivity index (χ2v) is 4.76. The minimum absolute atomic E-state index is 0.250. The molecule has 4 heteroatoms. The van der Waals surface area contributed by atoms with Gasteiger partial charge in [0.1, 0.15) is 11.4 Å².